The molecule has 0 bridgehead atoms. The number of carbonyl (C=O) groups excluding carboxylic acids is 1. The molecule has 25 heavy (non-hydrogen) atoms. The van der Waals surface area contributed by atoms with Crippen molar-refractivity contribution in [3.63, 3.8) is 0 Å². The first-order chi connectivity index (χ1) is 11.7. The SMILES string of the molecule is CCc1nc(NC(=O)c2c(C)nn([C@H]3CCS(=O)(=O)C3)c2C)sc1C. The van der Waals surface area contributed by atoms with Gasteiger partial charge < -0.3 is 0 Å². The summed E-state index contributed by atoms with van der Waals surface area (Å²) in [6.45, 7) is 7.60. The Morgan fingerprint density at radius 2 is 2.08 bits per heavy atom. The number of nitrogens with zero attached hydrogens (tertiary/aromatic N) is 3. The maximum atomic E-state index is 12.7. The predicted octanol–water partition coefficient (Wildman–Crippen LogP) is 2.44. The molecule has 2 aromatic rings. The van der Waals surface area contributed by atoms with Crippen molar-refractivity contribution in [2.45, 2.75) is 46.6 Å². The molecule has 9 heteroatoms. The van der Waals surface area contributed by atoms with Gasteiger partial charge in [-0.1, -0.05) is 6.92 Å². The first-order valence-corrected chi connectivity index (χ1v) is 10.9. The van der Waals surface area contributed by atoms with Crippen molar-refractivity contribution in [3.05, 3.63) is 27.5 Å². The number of hydrogen-bond acceptors (Lipinski definition) is 6. The molecule has 1 aliphatic heterocycles. The number of carbonyl (C=O) groups is 1. The van der Waals surface area contributed by atoms with Crippen LogP contribution in [-0.2, 0) is 16.3 Å². The molecule has 0 spiro atoms. The van der Waals surface area contributed by atoms with Gasteiger partial charge in [0.15, 0.2) is 15.0 Å². The van der Waals surface area contributed by atoms with Crippen LogP contribution in [0.1, 0.15) is 51.7 Å². The fourth-order valence-corrected chi connectivity index (χ4v) is 5.87. The summed E-state index contributed by atoms with van der Waals surface area (Å²) in [5.74, 6) is 0.00981. The Morgan fingerprint density at radius 1 is 1.36 bits per heavy atom. The van der Waals surface area contributed by atoms with Crippen molar-refractivity contribution >= 4 is 32.2 Å². The van der Waals surface area contributed by atoms with Crippen LogP contribution in [0.15, 0.2) is 0 Å². The van der Waals surface area contributed by atoms with Gasteiger partial charge in [0, 0.05) is 10.6 Å². The van der Waals surface area contributed by atoms with E-state index < -0.39 is 9.84 Å². The Morgan fingerprint density at radius 3 is 2.64 bits per heavy atom. The van der Waals surface area contributed by atoms with Crippen molar-refractivity contribution in [2.24, 2.45) is 0 Å². The lowest BCUT2D eigenvalue weighted by Gasteiger charge is -2.11. The van der Waals surface area contributed by atoms with Crippen LogP contribution in [-0.4, -0.2) is 40.6 Å². The molecule has 0 unspecified atom stereocenters. The molecule has 1 amide bonds. The number of nitrogens with one attached hydrogen (secondary N) is 1. The summed E-state index contributed by atoms with van der Waals surface area (Å²) >= 11 is 1.46. The molecule has 0 aromatic carbocycles. The zero-order valence-corrected chi connectivity index (χ0v) is 16.4. The maximum Gasteiger partial charge on any atom is 0.261 e. The van der Waals surface area contributed by atoms with Crippen molar-refractivity contribution < 1.29 is 13.2 Å². The van der Waals surface area contributed by atoms with E-state index >= 15 is 0 Å². The molecule has 1 atom stereocenters. The van der Waals surface area contributed by atoms with Gasteiger partial charge in [0.2, 0.25) is 0 Å². The monoisotopic (exact) mass is 382 g/mol. The van der Waals surface area contributed by atoms with E-state index in [0.717, 1.165) is 17.0 Å². The Kier molecular flexibility index (Phi) is 4.72. The van der Waals surface area contributed by atoms with Gasteiger partial charge in [-0.2, -0.15) is 5.10 Å². The van der Waals surface area contributed by atoms with E-state index in [4.69, 9.17) is 0 Å². The number of rotatable bonds is 4. The van der Waals surface area contributed by atoms with Gasteiger partial charge in [0.05, 0.1) is 34.5 Å². The molecule has 0 radical (unpaired) electrons. The summed E-state index contributed by atoms with van der Waals surface area (Å²) in [5.41, 5.74) is 2.78. The Bertz CT molecular complexity index is 928. The summed E-state index contributed by atoms with van der Waals surface area (Å²) in [5, 5.41) is 7.86. The Balaban J connectivity index is 1.86. The average molecular weight is 383 g/mol. The smallest absolute Gasteiger partial charge is 0.261 e. The van der Waals surface area contributed by atoms with Crippen LogP contribution in [0, 0.1) is 20.8 Å². The fourth-order valence-electron chi connectivity index (χ4n) is 3.28. The molecular formula is C16H22N4O3S2. The summed E-state index contributed by atoms with van der Waals surface area (Å²) in [6.07, 6.45) is 1.36. The topological polar surface area (TPSA) is 93.9 Å². The molecule has 3 rings (SSSR count). The van der Waals surface area contributed by atoms with Gasteiger partial charge >= 0.3 is 0 Å². The molecule has 1 fully saturated rings. The standard InChI is InChI=1S/C16H22N4O3S2/c1-5-13-11(4)24-16(17-13)18-15(21)14-9(2)19-20(10(14)3)12-6-7-25(22,23)8-12/h12H,5-8H2,1-4H3,(H,17,18,21)/t12-/m0/s1. The van der Waals surface area contributed by atoms with Gasteiger partial charge in [-0.15, -0.1) is 11.3 Å². The second kappa shape index (κ2) is 6.53. The van der Waals surface area contributed by atoms with E-state index in [2.05, 4.69) is 15.4 Å². The van der Waals surface area contributed by atoms with Crippen molar-refractivity contribution in [2.75, 3.05) is 16.8 Å². The van der Waals surface area contributed by atoms with E-state index in [0.29, 0.717) is 28.5 Å². The first-order valence-electron chi connectivity index (χ1n) is 8.25. The van der Waals surface area contributed by atoms with Crippen LogP contribution >= 0.6 is 11.3 Å². The first kappa shape index (κ1) is 18.1. The molecule has 136 valence electrons. The highest BCUT2D eigenvalue weighted by atomic mass is 32.2. The van der Waals surface area contributed by atoms with Crippen LogP contribution in [0.2, 0.25) is 0 Å². The third kappa shape index (κ3) is 3.48. The van der Waals surface area contributed by atoms with Crippen LogP contribution in [0.5, 0.6) is 0 Å². The van der Waals surface area contributed by atoms with Crippen molar-refractivity contribution in [3.8, 4) is 0 Å². The van der Waals surface area contributed by atoms with Gasteiger partial charge in [0.25, 0.3) is 5.91 Å². The summed E-state index contributed by atoms with van der Waals surface area (Å²) < 4.78 is 25.1. The third-order valence-corrected chi connectivity index (χ3v) is 7.23. The second-order valence-corrected chi connectivity index (χ2v) is 9.81. The van der Waals surface area contributed by atoms with Crippen molar-refractivity contribution in [1.82, 2.24) is 14.8 Å². The van der Waals surface area contributed by atoms with Gasteiger partial charge in [0.1, 0.15) is 0 Å². The number of aromatic nitrogens is 3. The summed E-state index contributed by atoms with van der Waals surface area (Å²) in [4.78, 5) is 18.2. The fraction of sp³-hybridized carbons (Fsp3) is 0.562. The minimum atomic E-state index is -3.01. The lowest BCUT2D eigenvalue weighted by Crippen LogP contribution is -2.16. The molecule has 1 saturated heterocycles. The number of aryl methyl sites for hydroxylation is 3. The van der Waals surface area contributed by atoms with Crippen LogP contribution in [0.25, 0.3) is 0 Å². The zero-order valence-electron chi connectivity index (χ0n) is 14.8. The molecule has 0 aliphatic carbocycles. The minimum Gasteiger partial charge on any atom is -0.298 e. The number of anilines is 1. The normalized spacial score (nSPS) is 19.3. The molecular weight excluding hydrogens is 360 g/mol. The van der Waals surface area contributed by atoms with E-state index in [1.54, 1.807) is 11.6 Å². The molecule has 7 nitrogen and oxygen atoms in total. The lowest BCUT2D eigenvalue weighted by molar-refractivity contribution is 0.102. The Labute approximate surface area is 151 Å². The summed E-state index contributed by atoms with van der Waals surface area (Å²) in [6, 6.07) is -0.195. The van der Waals surface area contributed by atoms with Crippen LogP contribution < -0.4 is 5.32 Å². The average Bonchev–Trinajstić information content (AvgIpc) is 3.14. The minimum absolute atomic E-state index is 0.0849. The third-order valence-electron chi connectivity index (χ3n) is 4.55. The zero-order chi connectivity index (χ0) is 18.4. The van der Waals surface area contributed by atoms with E-state index in [9.17, 15) is 13.2 Å². The molecule has 2 aromatic heterocycles. The second-order valence-electron chi connectivity index (χ2n) is 6.38. The largest absolute Gasteiger partial charge is 0.298 e. The maximum absolute atomic E-state index is 12.7. The molecule has 3 heterocycles. The van der Waals surface area contributed by atoms with E-state index in [-0.39, 0.29) is 23.5 Å². The molecule has 0 saturated carbocycles. The van der Waals surface area contributed by atoms with Crippen LogP contribution in [0.3, 0.4) is 0 Å². The quantitative estimate of drug-likeness (QED) is 0.876. The van der Waals surface area contributed by atoms with Crippen LogP contribution in [0.4, 0.5) is 5.13 Å². The Hall–Kier alpha value is -1.74. The van der Waals surface area contributed by atoms with Gasteiger partial charge in [-0.25, -0.2) is 13.4 Å². The van der Waals surface area contributed by atoms with Gasteiger partial charge in [-0.05, 0) is 33.6 Å². The number of hydrogen-bond donors (Lipinski definition) is 1. The highest BCUT2D eigenvalue weighted by Crippen LogP contribution is 2.28. The number of amides is 1. The predicted molar refractivity (Wildman–Crippen MR) is 98.2 cm³/mol. The van der Waals surface area contributed by atoms with E-state index in [1.165, 1.54) is 11.3 Å². The highest BCUT2D eigenvalue weighted by molar-refractivity contribution is 7.91. The van der Waals surface area contributed by atoms with Gasteiger partial charge in [-0.3, -0.25) is 14.8 Å². The molecule has 1 aliphatic rings. The number of sulfone groups is 1. The highest BCUT2D eigenvalue weighted by Gasteiger charge is 2.32. The summed E-state index contributed by atoms with van der Waals surface area (Å²) in [7, 11) is -3.01. The van der Waals surface area contributed by atoms with Crippen molar-refractivity contribution in [1.29, 1.82) is 0 Å². The van der Waals surface area contributed by atoms with E-state index in [1.807, 2.05) is 20.8 Å². The lowest BCUT2D eigenvalue weighted by atomic mass is 10.1. The number of thiazole rings is 1. The molecule has 1 N–H and O–H groups in total.